The van der Waals surface area contributed by atoms with Gasteiger partial charge in [0.15, 0.2) is 11.0 Å². The normalized spacial score (nSPS) is 10.9. The molecule has 2 aromatic carbocycles. The number of aromatic nitrogens is 4. The van der Waals surface area contributed by atoms with Gasteiger partial charge in [-0.1, -0.05) is 35.5 Å². The van der Waals surface area contributed by atoms with Crippen molar-refractivity contribution in [3.8, 4) is 11.4 Å². The Hall–Kier alpha value is -2.75. The SMILES string of the molecule is CC(=O)N(c1nc(CSc2n[nH]c(-c3ccc(Cl)cc3)n2)cs1)c1ccccc1F. The highest BCUT2D eigenvalue weighted by molar-refractivity contribution is 7.98. The maximum atomic E-state index is 14.2. The Bertz CT molecular complexity index is 1180. The van der Waals surface area contributed by atoms with Crippen LogP contribution in [0, 0.1) is 5.82 Å². The van der Waals surface area contributed by atoms with Crippen molar-refractivity contribution in [2.24, 2.45) is 0 Å². The zero-order valence-electron chi connectivity index (χ0n) is 15.7. The van der Waals surface area contributed by atoms with Gasteiger partial charge in [-0.2, -0.15) is 0 Å². The van der Waals surface area contributed by atoms with Crippen LogP contribution in [0.4, 0.5) is 15.2 Å². The van der Waals surface area contributed by atoms with Gasteiger partial charge in [-0.15, -0.1) is 16.4 Å². The molecule has 0 unspecified atom stereocenters. The molecule has 1 amide bonds. The first-order valence-corrected chi connectivity index (χ1v) is 11.1. The topological polar surface area (TPSA) is 74.8 Å². The molecule has 4 aromatic rings. The number of aromatic amines is 1. The molecule has 2 heterocycles. The maximum Gasteiger partial charge on any atom is 0.230 e. The lowest BCUT2D eigenvalue weighted by atomic mass is 10.2. The molecule has 4 rings (SSSR count). The first kappa shape index (κ1) is 20.5. The van der Waals surface area contributed by atoms with Gasteiger partial charge in [0, 0.05) is 28.6 Å². The lowest BCUT2D eigenvalue weighted by Gasteiger charge is -2.18. The lowest BCUT2D eigenvalue weighted by Crippen LogP contribution is -2.23. The second-order valence-corrected chi connectivity index (χ2v) is 8.40. The number of para-hydroxylation sites is 1. The number of carbonyl (C=O) groups excluding carboxylic acids is 1. The molecule has 0 fully saturated rings. The van der Waals surface area contributed by atoms with Crippen LogP contribution in [0.15, 0.2) is 59.1 Å². The van der Waals surface area contributed by atoms with Crippen LogP contribution in [-0.4, -0.2) is 26.1 Å². The number of carbonyl (C=O) groups is 1. The van der Waals surface area contributed by atoms with Gasteiger partial charge in [-0.25, -0.2) is 14.4 Å². The molecule has 30 heavy (non-hydrogen) atoms. The number of hydrogen-bond acceptors (Lipinski definition) is 6. The molecule has 0 radical (unpaired) electrons. The Labute approximate surface area is 185 Å². The number of nitrogens with zero attached hydrogens (tertiary/aromatic N) is 4. The number of halogens is 2. The van der Waals surface area contributed by atoms with E-state index in [0.717, 1.165) is 11.3 Å². The average Bonchev–Trinajstić information content (AvgIpc) is 3.38. The molecule has 2 aromatic heterocycles. The van der Waals surface area contributed by atoms with Gasteiger partial charge < -0.3 is 0 Å². The first-order chi connectivity index (χ1) is 14.5. The Balaban J connectivity index is 1.47. The maximum absolute atomic E-state index is 14.2. The second kappa shape index (κ2) is 8.95. The molecule has 6 nitrogen and oxygen atoms in total. The van der Waals surface area contributed by atoms with Crippen LogP contribution in [0.3, 0.4) is 0 Å². The van der Waals surface area contributed by atoms with Gasteiger partial charge in [0.1, 0.15) is 5.82 Å². The number of rotatable bonds is 6. The summed E-state index contributed by atoms with van der Waals surface area (Å²) in [5.74, 6) is 0.372. The lowest BCUT2D eigenvalue weighted by molar-refractivity contribution is -0.115. The van der Waals surface area contributed by atoms with Crippen LogP contribution in [0.1, 0.15) is 12.6 Å². The van der Waals surface area contributed by atoms with Crippen LogP contribution in [0.2, 0.25) is 5.02 Å². The molecular weight excluding hydrogens is 445 g/mol. The monoisotopic (exact) mass is 459 g/mol. The number of anilines is 2. The van der Waals surface area contributed by atoms with Crippen LogP contribution < -0.4 is 4.90 Å². The Morgan fingerprint density at radius 1 is 1.20 bits per heavy atom. The van der Waals surface area contributed by atoms with Gasteiger partial charge >= 0.3 is 0 Å². The highest BCUT2D eigenvalue weighted by atomic mass is 35.5. The van der Waals surface area contributed by atoms with E-state index >= 15 is 0 Å². The van der Waals surface area contributed by atoms with E-state index < -0.39 is 5.82 Å². The smallest absolute Gasteiger partial charge is 0.230 e. The largest absolute Gasteiger partial charge is 0.274 e. The second-order valence-electron chi connectivity index (χ2n) is 6.19. The van der Waals surface area contributed by atoms with Crippen LogP contribution in [-0.2, 0) is 10.5 Å². The summed E-state index contributed by atoms with van der Waals surface area (Å²) in [7, 11) is 0. The van der Waals surface area contributed by atoms with Gasteiger partial charge in [0.2, 0.25) is 11.1 Å². The van der Waals surface area contributed by atoms with Crippen molar-refractivity contribution >= 4 is 51.4 Å². The van der Waals surface area contributed by atoms with E-state index in [4.69, 9.17) is 11.6 Å². The fourth-order valence-electron chi connectivity index (χ4n) is 2.69. The standard InChI is InChI=1S/C20H15ClFN5OS2/c1-12(28)27(17-5-3-2-4-16(17)22)20-23-15(11-30-20)10-29-19-24-18(25-26-19)13-6-8-14(21)9-7-13/h2-9,11H,10H2,1H3,(H,24,25,26). The third kappa shape index (κ3) is 4.53. The fourth-order valence-corrected chi connectivity index (χ4v) is 4.49. The van der Waals surface area contributed by atoms with Gasteiger partial charge in [-0.3, -0.25) is 14.8 Å². The van der Waals surface area contributed by atoms with E-state index in [2.05, 4.69) is 20.2 Å². The minimum absolute atomic E-state index is 0.181. The van der Waals surface area contributed by atoms with Crippen molar-refractivity contribution in [1.29, 1.82) is 0 Å². The Kier molecular flexibility index (Phi) is 6.12. The third-order valence-corrected chi connectivity index (χ3v) is 6.08. The number of amides is 1. The predicted octanol–water partition coefficient (Wildman–Crippen LogP) is 5.70. The summed E-state index contributed by atoms with van der Waals surface area (Å²) in [6, 6.07) is 13.4. The molecule has 0 aliphatic heterocycles. The average molecular weight is 460 g/mol. The van der Waals surface area contributed by atoms with Crippen molar-refractivity contribution in [1.82, 2.24) is 20.2 Å². The minimum Gasteiger partial charge on any atom is -0.274 e. The molecule has 0 bridgehead atoms. The van der Waals surface area contributed by atoms with E-state index in [1.807, 2.05) is 17.5 Å². The van der Waals surface area contributed by atoms with E-state index in [0.29, 0.717) is 26.9 Å². The van der Waals surface area contributed by atoms with E-state index in [1.54, 1.807) is 30.3 Å². The molecule has 0 atom stereocenters. The fraction of sp³-hybridized carbons (Fsp3) is 0.100. The number of thioether (sulfide) groups is 1. The van der Waals surface area contributed by atoms with E-state index in [1.165, 1.54) is 41.0 Å². The number of nitrogens with one attached hydrogen (secondary N) is 1. The van der Waals surface area contributed by atoms with Crippen molar-refractivity contribution < 1.29 is 9.18 Å². The third-order valence-electron chi connectivity index (χ3n) is 4.07. The Morgan fingerprint density at radius 3 is 2.70 bits per heavy atom. The molecule has 0 saturated carbocycles. The molecule has 0 aliphatic carbocycles. The summed E-state index contributed by atoms with van der Waals surface area (Å²) >= 11 is 8.60. The van der Waals surface area contributed by atoms with Crippen molar-refractivity contribution in [2.75, 3.05) is 4.90 Å². The van der Waals surface area contributed by atoms with Crippen LogP contribution >= 0.6 is 34.7 Å². The van der Waals surface area contributed by atoms with Crippen molar-refractivity contribution in [3.05, 3.63) is 70.4 Å². The summed E-state index contributed by atoms with van der Waals surface area (Å²) in [5, 5.41) is 10.6. The first-order valence-electron chi connectivity index (χ1n) is 8.82. The molecule has 0 aliphatic rings. The predicted molar refractivity (Wildman–Crippen MR) is 118 cm³/mol. The van der Waals surface area contributed by atoms with E-state index in [9.17, 15) is 9.18 Å². The zero-order valence-corrected chi connectivity index (χ0v) is 18.1. The number of hydrogen-bond donors (Lipinski definition) is 1. The van der Waals surface area contributed by atoms with E-state index in [-0.39, 0.29) is 11.6 Å². The summed E-state index contributed by atoms with van der Waals surface area (Å²) in [6.07, 6.45) is 0. The number of thiazole rings is 1. The quantitative estimate of drug-likeness (QED) is 0.374. The molecule has 0 spiro atoms. The Morgan fingerprint density at radius 2 is 1.97 bits per heavy atom. The number of H-pyrrole nitrogens is 1. The van der Waals surface area contributed by atoms with Crippen LogP contribution in [0.5, 0.6) is 0 Å². The summed E-state index contributed by atoms with van der Waals surface area (Å²) in [5.41, 5.74) is 1.82. The molecular formula is C20H15ClFN5OS2. The summed E-state index contributed by atoms with van der Waals surface area (Å²) in [6.45, 7) is 1.38. The van der Waals surface area contributed by atoms with Crippen molar-refractivity contribution in [3.63, 3.8) is 0 Å². The van der Waals surface area contributed by atoms with Crippen molar-refractivity contribution in [2.45, 2.75) is 17.8 Å². The molecule has 1 N–H and O–H groups in total. The highest BCUT2D eigenvalue weighted by Gasteiger charge is 2.21. The van der Waals surface area contributed by atoms with Gasteiger partial charge in [0.25, 0.3) is 0 Å². The van der Waals surface area contributed by atoms with Gasteiger partial charge in [0.05, 0.1) is 11.4 Å². The highest BCUT2D eigenvalue weighted by Crippen LogP contribution is 2.32. The zero-order chi connectivity index (χ0) is 21.1. The van der Waals surface area contributed by atoms with Crippen LogP contribution in [0.25, 0.3) is 11.4 Å². The molecule has 152 valence electrons. The minimum atomic E-state index is -0.478. The van der Waals surface area contributed by atoms with Gasteiger partial charge in [-0.05, 0) is 36.4 Å². The molecule has 10 heteroatoms. The number of benzene rings is 2. The summed E-state index contributed by atoms with van der Waals surface area (Å²) < 4.78 is 14.2. The molecule has 0 saturated heterocycles. The summed E-state index contributed by atoms with van der Waals surface area (Å²) in [4.78, 5) is 22.4.